The number of rotatable bonds is 5. The third-order valence-electron chi connectivity index (χ3n) is 2.58. The van der Waals surface area contributed by atoms with Gasteiger partial charge in [0.1, 0.15) is 0 Å². The normalized spacial score (nSPS) is 10.9. The van der Waals surface area contributed by atoms with Crippen LogP contribution < -0.4 is 0 Å². The summed E-state index contributed by atoms with van der Waals surface area (Å²) >= 11 is 0. The van der Waals surface area contributed by atoms with Gasteiger partial charge in [0.25, 0.3) is 0 Å². The van der Waals surface area contributed by atoms with Crippen molar-refractivity contribution in [2.75, 3.05) is 0 Å². The van der Waals surface area contributed by atoms with Crippen molar-refractivity contribution < 1.29 is 0 Å². The molecule has 1 aromatic rings. The van der Waals surface area contributed by atoms with Gasteiger partial charge in [-0.1, -0.05) is 56.5 Å². The van der Waals surface area contributed by atoms with E-state index in [1.165, 1.54) is 36.8 Å². The maximum absolute atomic E-state index is 2.30. The van der Waals surface area contributed by atoms with E-state index in [4.69, 9.17) is 0 Å². The smallest absolute Gasteiger partial charge is 0.0279 e. The van der Waals surface area contributed by atoms with Gasteiger partial charge in [-0.2, -0.15) is 0 Å². The van der Waals surface area contributed by atoms with Crippen molar-refractivity contribution in [3.63, 3.8) is 0 Å². The van der Waals surface area contributed by atoms with E-state index in [9.17, 15) is 0 Å². The molecule has 0 aliphatic heterocycles. The van der Waals surface area contributed by atoms with Crippen molar-refractivity contribution in [1.29, 1.82) is 0 Å². The van der Waals surface area contributed by atoms with Crippen LogP contribution in [0.15, 0.2) is 24.3 Å². The Bertz CT molecular complexity index is 260. The maximum Gasteiger partial charge on any atom is -0.0279 e. The van der Waals surface area contributed by atoms with Crippen molar-refractivity contribution in [2.45, 2.75) is 46.5 Å². The molecular weight excluding hydrogens is 168 g/mol. The van der Waals surface area contributed by atoms with E-state index in [0.29, 0.717) is 0 Å². The molecule has 14 heavy (non-hydrogen) atoms. The number of unbranched alkanes of at least 4 members (excludes halogenated alkanes) is 1. The van der Waals surface area contributed by atoms with Gasteiger partial charge in [-0.15, -0.1) is 0 Å². The van der Waals surface area contributed by atoms with Crippen LogP contribution in [0.2, 0.25) is 0 Å². The van der Waals surface area contributed by atoms with Crippen molar-refractivity contribution >= 4 is 0 Å². The predicted molar refractivity (Wildman–Crippen MR) is 63.6 cm³/mol. The van der Waals surface area contributed by atoms with Gasteiger partial charge in [-0.3, -0.25) is 0 Å². The van der Waals surface area contributed by atoms with Crippen LogP contribution in [0.3, 0.4) is 0 Å². The Balaban J connectivity index is 2.25. The number of hydrogen-bond donors (Lipinski definition) is 0. The summed E-state index contributed by atoms with van der Waals surface area (Å²) in [7, 11) is 0. The van der Waals surface area contributed by atoms with Crippen molar-refractivity contribution in [3.8, 4) is 0 Å². The van der Waals surface area contributed by atoms with E-state index in [1.807, 2.05) is 0 Å². The Kier molecular flexibility index (Phi) is 4.72. The molecule has 0 fully saturated rings. The molecule has 0 amide bonds. The maximum atomic E-state index is 2.30. The molecule has 78 valence electrons. The van der Waals surface area contributed by atoms with Crippen LogP contribution in [0.5, 0.6) is 0 Å². The molecule has 1 aromatic carbocycles. The standard InChI is InChI=1S/C14H22/c1-12(2)7-4-5-9-14-10-6-8-13(3)11-14/h6,8,10-12H,4-5,7,9H2,1-3H3. The Morgan fingerprint density at radius 1 is 1.14 bits per heavy atom. The highest BCUT2D eigenvalue weighted by atomic mass is 14.0. The highest BCUT2D eigenvalue weighted by molar-refractivity contribution is 5.22. The zero-order valence-corrected chi connectivity index (χ0v) is 9.72. The first-order chi connectivity index (χ1) is 6.68. The molecule has 0 radical (unpaired) electrons. The monoisotopic (exact) mass is 190 g/mol. The number of benzene rings is 1. The summed E-state index contributed by atoms with van der Waals surface area (Å²) < 4.78 is 0. The topological polar surface area (TPSA) is 0 Å². The zero-order chi connectivity index (χ0) is 10.4. The van der Waals surface area contributed by atoms with Crippen molar-refractivity contribution in [2.24, 2.45) is 5.92 Å². The second-order valence-electron chi connectivity index (χ2n) is 4.63. The first-order valence-electron chi connectivity index (χ1n) is 5.74. The van der Waals surface area contributed by atoms with Gasteiger partial charge >= 0.3 is 0 Å². The lowest BCUT2D eigenvalue weighted by Gasteiger charge is -2.05. The lowest BCUT2D eigenvalue weighted by atomic mass is 10.0. The van der Waals surface area contributed by atoms with E-state index in [2.05, 4.69) is 45.0 Å². The summed E-state index contributed by atoms with van der Waals surface area (Å²) in [5.41, 5.74) is 2.88. The SMILES string of the molecule is Cc1cccc(CCCCC(C)C)c1. The van der Waals surface area contributed by atoms with Crippen LogP contribution in [-0.2, 0) is 6.42 Å². The van der Waals surface area contributed by atoms with Gasteiger partial charge < -0.3 is 0 Å². The quantitative estimate of drug-likeness (QED) is 0.605. The molecule has 0 aliphatic carbocycles. The van der Waals surface area contributed by atoms with Crippen LogP contribution in [0.4, 0.5) is 0 Å². The molecule has 0 heteroatoms. The molecule has 0 unspecified atom stereocenters. The minimum absolute atomic E-state index is 0.854. The fourth-order valence-corrected chi connectivity index (χ4v) is 1.75. The summed E-state index contributed by atoms with van der Waals surface area (Å²) in [6, 6.07) is 8.86. The fourth-order valence-electron chi connectivity index (χ4n) is 1.75. The van der Waals surface area contributed by atoms with E-state index in [1.54, 1.807) is 0 Å². The predicted octanol–water partition coefficient (Wildman–Crippen LogP) is 4.36. The van der Waals surface area contributed by atoms with Crippen LogP contribution in [-0.4, -0.2) is 0 Å². The van der Waals surface area contributed by atoms with Gasteiger partial charge in [-0.25, -0.2) is 0 Å². The Labute approximate surface area is 88.4 Å². The summed E-state index contributed by atoms with van der Waals surface area (Å²) in [4.78, 5) is 0. The highest BCUT2D eigenvalue weighted by Crippen LogP contribution is 2.11. The van der Waals surface area contributed by atoms with Crippen LogP contribution in [0, 0.1) is 12.8 Å². The van der Waals surface area contributed by atoms with E-state index in [0.717, 1.165) is 5.92 Å². The van der Waals surface area contributed by atoms with Crippen molar-refractivity contribution in [1.82, 2.24) is 0 Å². The average molecular weight is 190 g/mol. The summed E-state index contributed by atoms with van der Waals surface area (Å²) in [6.45, 7) is 6.76. The molecule has 0 nitrogen and oxygen atoms in total. The van der Waals surface area contributed by atoms with Gasteiger partial charge in [0.05, 0.1) is 0 Å². The molecule has 0 N–H and O–H groups in total. The lowest BCUT2D eigenvalue weighted by Crippen LogP contribution is -1.90. The highest BCUT2D eigenvalue weighted by Gasteiger charge is 1.96. The third-order valence-corrected chi connectivity index (χ3v) is 2.58. The first-order valence-corrected chi connectivity index (χ1v) is 5.74. The molecule has 0 saturated heterocycles. The number of aryl methyl sites for hydroxylation is 2. The fraction of sp³-hybridized carbons (Fsp3) is 0.571. The summed E-state index contributed by atoms with van der Waals surface area (Å²) in [5, 5.41) is 0. The molecule has 0 atom stereocenters. The minimum atomic E-state index is 0.854. The van der Waals surface area contributed by atoms with Gasteiger partial charge in [-0.05, 0) is 31.2 Å². The molecule has 0 heterocycles. The molecule has 0 aliphatic rings. The first kappa shape index (κ1) is 11.3. The largest absolute Gasteiger partial charge is 0.0628 e. The Morgan fingerprint density at radius 3 is 2.57 bits per heavy atom. The molecule has 1 rings (SSSR count). The zero-order valence-electron chi connectivity index (χ0n) is 9.72. The molecule has 0 saturated carbocycles. The molecular formula is C14H22. The van der Waals surface area contributed by atoms with Gasteiger partial charge in [0.2, 0.25) is 0 Å². The number of hydrogen-bond acceptors (Lipinski definition) is 0. The summed E-state index contributed by atoms with van der Waals surface area (Å²) in [6.07, 6.45) is 5.31. The van der Waals surface area contributed by atoms with Crippen LogP contribution in [0.25, 0.3) is 0 Å². The van der Waals surface area contributed by atoms with E-state index < -0.39 is 0 Å². The average Bonchev–Trinajstić information content (AvgIpc) is 2.12. The van der Waals surface area contributed by atoms with Gasteiger partial charge in [0.15, 0.2) is 0 Å². The van der Waals surface area contributed by atoms with Crippen molar-refractivity contribution in [3.05, 3.63) is 35.4 Å². The lowest BCUT2D eigenvalue weighted by molar-refractivity contribution is 0.538. The minimum Gasteiger partial charge on any atom is -0.0628 e. The third kappa shape index (κ3) is 4.45. The van der Waals surface area contributed by atoms with Crippen LogP contribution >= 0.6 is 0 Å². The van der Waals surface area contributed by atoms with Gasteiger partial charge in [0, 0.05) is 0 Å². The Hall–Kier alpha value is -0.780. The second-order valence-corrected chi connectivity index (χ2v) is 4.63. The molecule has 0 bridgehead atoms. The Morgan fingerprint density at radius 2 is 1.93 bits per heavy atom. The molecule has 0 aromatic heterocycles. The second kappa shape index (κ2) is 5.85. The van der Waals surface area contributed by atoms with E-state index >= 15 is 0 Å². The van der Waals surface area contributed by atoms with E-state index in [-0.39, 0.29) is 0 Å². The summed E-state index contributed by atoms with van der Waals surface area (Å²) in [5.74, 6) is 0.854. The van der Waals surface area contributed by atoms with Crippen LogP contribution in [0.1, 0.15) is 44.2 Å². The molecule has 0 spiro atoms.